The Labute approximate surface area is 121 Å². The molecule has 1 saturated heterocycles. The largest absolute Gasteiger partial charge is 0.341 e. The van der Waals surface area contributed by atoms with Gasteiger partial charge in [0.15, 0.2) is 0 Å². The lowest BCUT2D eigenvalue weighted by Gasteiger charge is -2.31. The minimum Gasteiger partial charge on any atom is -0.341 e. The van der Waals surface area contributed by atoms with Crippen molar-refractivity contribution in [2.45, 2.75) is 26.2 Å². The monoisotopic (exact) mass is 324 g/mol. The molecule has 1 amide bonds. The van der Waals surface area contributed by atoms with Crippen molar-refractivity contribution in [2.24, 2.45) is 5.92 Å². The summed E-state index contributed by atoms with van der Waals surface area (Å²) in [5, 5.41) is 0. The molecule has 0 N–H and O–H groups in total. The minimum absolute atomic E-state index is 0.0463. The average Bonchev–Trinajstić information content (AvgIpc) is 2.40. The Bertz CT molecular complexity index is 504. The number of carbonyl (C=O) groups is 2. The van der Waals surface area contributed by atoms with Gasteiger partial charge in [-0.15, -0.1) is 0 Å². The highest BCUT2D eigenvalue weighted by atomic mass is 79.9. The van der Waals surface area contributed by atoms with Gasteiger partial charge in [0.05, 0.1) is 11.6 Å². The van der Waals surface area contributed by atoms with Gasteiger partial charge in [-0.25, -0.2) is 4.98 Å². The van der Waals surface area contributed by atoms with Gasteiger partial charge in [0, 0.05) is 25.4 Å². The lowest BCUT2D eigenvalue weighted by atomic mass is 9.96. The summed E-state index contributed by atoms with van der Waals surface area (Å²) in [6, 6.07) is 5.56. The van der Waals surface area contributed by atoms with Crippen LogP contribution in [0.5, 0.6) is 0 Å². The molecule has 102 valence electrons. The molecule has 1 aliphatic heterocycles. The molecule has 2 heterocycles. The number of ketones is 1. The summed E-state index contributed by atoms with van der Waals surface area (Å²) < 4.78 is 0.729. The molecule has 1 aromatic heterocycles. The van der Waals surface area contributed by atoms with Crippen LogP contribution in [0, 0.1) is 5.92 Å². The SMILES string of the molecule is CC1CN(C(=O)C(C)c2cccc(Br)n2)CCC1=O. The van der Waals surface area contributed by atoms with Gasteiger partial charge < -0.3 is 4.90 Å². The van der Waals surface area contributed by atoms with E-state index in [4.69, 9.17) is 0 Å². The lowest BCUT2D eigenvalue weighted by molar-refractivity contribution is -0.137. The number of hydrogen-bond donors (Lipinski definition) is 0. The molecule has 2 atom stereocenters. The molecular weight excluding hydrogens is 308 g/mol. The molecule has 19 heavy (non-hydrogen) atoms. The molecular formula is C14H17BrN2O2. The molecule has 0 bridgehead atoms. The maximum Gasteiger partial charge on any atom is 0.231 e. The Kier molecular flexibility index (Phi) is 4.34. The van der Waals surface area contributed by atoms with E-state index in [1.165, 1.54) is 0 Å². The zero-order chi connectivity index (χ0) is 14.0. The zero-order valence-electron chi connectivity index (χ0n) is 11.1. The highest BCUT2D eigenvalue weighted by molar-refractivity contribution is 9.10. The summed E-state index contributed by atoms with van der Waals surface area (Å²) in [5.41, 5.74) is 0.754. The summed E-state index contributed by atoms with van der Waals surface area (Å²) in [6.45, 7) is 4.79. The van der Waals surface area contributed by atoms with Crippen LogP contribution in [0.1, 0.15) is 31.9 Å². The van der Waals surface area contributed by atoms with E-state index >= 15 is 0 Å². The van der Waals surface area contributed by atoms with Crippen LogP contribution in [0.25, 0.3) is 0 Å². The number of rotatable bonds is 2. The van der Waals surface area contributed by atoms with Gasteiger partial charge in [0.2, 0.25) is 5.91 Å². The molecule has 2 rings (SSSR count). The molecule has 0 radical (unpaired) electrons. The van der Waals surface area contributed by atoms with E-state index in [-0.39, 0.29) is 23.5 Å². The van der Waals surface area contributed by atoms with E-state index in [9.17, 15) is 9.59 Å². The van der Waals surface area contributed by atoms with Crippen LogP contribution < -0.4 is 0 Å². The molecule has 2 unspecified atom stereocenters. The van der Waals surface area contributed by atoms with Crippen molar-refractivity contribution in [3.8, 4) is 0 Å². The first-order valence-corrected chi connectivity index (χ1v) is 7.22. The van der Waals surface area contributed by atoms with Crippen LogP contribution in [0.15, 0.2) is 22.8 Å². The lowest BCUT2D eigenvalue weighted by Crippen LogP contribution is -2.44. The predicted octanol–water partition coefficient (Wildman–Crippen LogP) is 2.39. The van der Waals surface area contributed by atoms with E-state index in [2.05, 4.69) is 20.9 Å². The standard InChI is InChI=1S/C14H17BrN2O2/c1-9-8-17(7-6-12(9)18)14(19)10(2)11-4-3-5-13(15)16-11/h3-5,9-10H,6-8H2,1-2H3. The number of pyridine rings is 1. The van der Waals surface area contributed by atoms with Gasteiger partial charge in [0.1, 0.15) is 10.4 Å². The van der Waals surface area contributed by atoms with E-state index in [0.29, 0.717) is 19.5 Å². The molecule has 0 spiro atoms. The fourth-order valence-corrected chi connectivity index (χ4v) is 2.64. The Morgan fingerprint density at radius 1 is 1.53 bits per heavy atom. The fourth-order valence-electron chi connectivity index (χ4n) is 2.28. The second-order valence-electron chi connectivity index (χ2n) is 5.01. The van der Waals surface area contributed by atoms with E-state index < -0.39 is 0 Å². The van der Waals surface area contributed by atoms with Gasteiger partial charge in [0.25, 0.3) is 0 Å². The highest BCUT2D eigenvalue weighted by Gasteiger charge is 2.30. The van der Waals surface area contributed by atoms with Crippen LogP contribution in [0.3, 0.4) is 0 Å². The number of piperidine rings is 1. The average molecular weight is 325 g/mol. The maximum atomic E-state index is 12.4. The number of likely N-dealkylation sites (tertiary alicyclic amines) is 1. The smallest absolute Gasteiger partial charge is 0.231 e. The van der Waals surface area contributed by atoms with Crippen LogP contribution >= 0.6 is 15.9 Å². The third kappa shape index (κ3) is 3.21. The number of carbonyl (C=O) groups excluding carboxylic acids is 2. The van der Waals surface area contributed by atoms with Gasteiger partial charge in [-0.1, -0.05) is 13.0 Å². The first kappa shape index (κ1) is 14.2. The molecule has 5 heteroatoms. The number of amides is 1. The molecule has 0 aromatic carbocycles. The van der Waals surface area contributed by atoms with E-state index in [0.717, 1.165) is 10.3 Å². The van der Waals surface area contributed by atoms with Crippen LogP contribution in [-0.2, 0) is 9.59 Å². The molecule has 0 saturated carbocycles. The molecule has 1 aromatic rings. The molecule has 4 nitrogen and oxygen atoms in total. The predicted molar refractivity (Wildman–Crippen MR) is 75.7 cm³/mol. The van der Waals surface area contributed by atoms with Crippen molar-refractivity contribution in [1.82, 2.24) is 9.88 Å². The number of aromatic nitrogens is 1. The molecule has 1 fully saturated rings. The molecule has 0 aliphatic carbocycles. The quantitative estimate of drug-likeness (QED) is 0.785. The topological polar surface area (TPSA) is 50.3 Å². The maximum absolute atomic E-state index is 12.4. The fraction of sp³-hybridized carbons (Fsp3) is 0.500. The van der Waals surface area contributed by atoms with E-state index in [1.807, 2.05) is 32.0 Å². The summed E-state index contributed by atoms with van der Waals surface area (Å²) in [7, 11) is 0. The Morgan fingerprint density at radius 3 is 2.89 bits per heavy atom. The van der Waals surface area contributed by atoms with Crippen molar-refractivity contribution < 1.29 is 9.59 Å². The normalized spacial score (nSPS) is 21.3. The Hall–Kier alpha value is -1.23. The summed E-state index contributed by atoms with van der Waals surface area (Å²) in [4.78, 5) is 30.0. The van der Waals surface area contributed by atoms with Crippen LogP contribution in [0.2, 0.25) is 0 Å². The van der Waals surface area contributed by atoms with Crippen LogP contribution in [0.4, 0.5) is 0 Å². The number of nitrogens with zero attached hydrogens (tertiary/aromatic N) is 2. The third-order valence-electron chi connectivity index (χ3n) is 3.53. The summed E-state index contributed by atoms with van der Waals surface area (Å²) in [6.07, 6.45) is 0.464. The van der Waals surface area contributed by atoms with Crippen molar-refractivity contribution >= 4 is 27.6 Å². The van der Waals surface area contributed by atoms with Gasteiger partial charge in [-0.05, 0) is 35.0 Å². The summed E-state index contributed by atoms with van der Waals surface area (Å²) >= 11 is 3.31. The van der Waals surface area contributed by atoms with Gasteiger partial charge in [-0.2, -0.15) is 0 Å². The Morgan fingerprint density at radius 2 is 2.26 bits per heavy atom. The van der Waals surface area contributed by atoms with Crippen molar-refractivity contribution in [1.29, 1.82) is 0 Å². The Balaban J connectivity index is 2.09. The van der Waals surface area contributed by atoms with Gasteiger partial charge in [-0.3, -0.25) is 9.59 Å². The van der Waals surface area contributed by atoms with Crippen LogP contribution in [-0.4, -0.2) is 34.7 Å². The minimum atomic E-state index is -0.280. The second kappa shape index (κ2) is 5.82. The first-order valence-electron chi connectivity index (χ1n) is 6.43. The first-order chi connectivity index (χ1) is 8.99. The third-order valence-corrected chi connectivity index (χ3v) is 3.98. The van der Waals surface area contributed by atoms with E-state index in [1.54, 1.807) is 4.90 Å². The summed E-state index contributed by atoms with van der Waals surface area (Å²) in [5.74, 6) is -0.0412. The molecule has 1 aliphatic rings. The second-order valence-corrected chi connectivity index (χ2v) is 5.82. The van der Waals surface area contributed by atoms with Gasteiger partial charge >= 0.3 is 0 Å². The number of Topliss-reactive ketones (excluding diaryl/α,β-unsaturated/α-hetero) is 1. The van der Waals surface area contributed by atoms with Crippen molar-refractivity contribution in [3.63, 3.8) is 0 Å². The highest BCUT2D eigenvalue weighted by Crippen LogP contribution is 2.21. The zero-order valence-corrected chi connectivity index (χ0v) is 12.7. The van der Waals surface area contributed by atoms with Crippen molar-refractivity contribution in [3.05, 3.63) is 28.5 Å². The number of hydrogen-bond acceptors (Lipinski definition) is 3. The number of halogens is 1. The van der Waals surface area contributed by atoms with Crippen molar-refractivity contribution in [2.75, 3.05) is 13.1 Å².